The Kier molecular flexibility index (Phi) is 3.79. The van der Waals surface area contributed by atoms with Crippen LogP contribution in [0.25, 0.3) is 0 Å². The van der Waals surface area contributed by atoms with Gasteiger partial charge in [-0.3, -0.25) is 4.79 Å². The van der Waals surface area contributed by atoms with E-state index in [-0.39, 0.29) is 23.0 Å². The Bertz CT molecular complexity index is 439. The standard InChI is InChI=1S/C12H13BrFNO2/c13-11-9(4-1-5-10(11)14)12(17)15-6-2-3-8(15)7-16/h1,4-5,8,16H,2-3,6-7H2. The number of carbonyl (C=O) groups excluding carboxylic acids is 1. The number of likely N-dealkylation sites (tertiary alicyclic amines) is 1. The number of rotatable bonds is 2. The highest BCUT2D eigenvalue weighted by atomic mass is 79.9. The number of benzene rings is 1. The van der Waals surface area contributed by atoms with Gasteiger partial charge in [-0.2, -0.15) is 0 Å². The van der Waals surface area contributed by atoms with Crippen LogP contribution in [0.5, 0.6) is 0 Å². The van der Waals surface area contributed by atoms with Gasteiger partial charge in [0, 0.05) is 6.54 Å². The number of aliphatic hydroxyl groups excluding tert-OH is 1. The third-order valence-electron chi connectivity index (χ3n) is 3.03. The van der Waals surface area contributed by atoms with Gasteiger partial charge in [0.1, 0.15) is 5.82 Å². The minimum atomic E-state index is -0.449. The first-order chi connectivity index (χ1) is 8.15. The van der Waals surface area contributed by atoms with Crippen LogP contribution in [0.2, 0.25) is 0 Å². The molecule has 1 heterocycles. The second-order valence-corrected chi connectivity index (χ2v) is 4.87. The second kappa shape index (κ2) is 5.14. The van der Waals surface area contributed by atoms with E-state index in [1.165, 1.54) is 12.1 Å². The smallest absolute Gasteiger partial charge is 0.255 e. The van der Waals surface area contributed by atoms with Crippen LogP contribution < -0.4 is 0 Å². The summed E-state index contributed by atoms with van der Waals surface area (Å²) in [5.74, 6) is -0.677. The Morgan fingerprint density at radius 1 is 1.59 bits per heavy atom. The quantitative estimate of drug-likeness (QED) is 0.910. The fourth-order valence-corrected chi connectivity index (χ4v) is 2.55. The van der Waals surface area contributed by atoms with Gasteiger partial charge >= 0.3 is 0 Å². The lowest BCUT2D eigenvalue weighted by molar-refractivity contribution is 0.0676. The van der Waals surface area contributed by atoms with Crippen molar-refractivity contribution in [3.05, 3.63) is 34.1 Å². The zero-order chi connectivity index (χ0) is 12.4. The van der Waals surface area contributed by atoms with E-state index in [2.05, 4.69) is 15.9 Å². The van der Waals surface area contributed by atoms with E-state index in [4.69, 9.17) is 0 Å². The second-order valence-electron chi connectivity index (χ2n) is 4.08. The van der Waals surface area contributed by atoms with Gasteiger partial charge in [0.25, 0.3) is 5.91 Å². The summed E-state index contributed by atoms with van der Waals surface area (Å²) in [6, 6.07) is 4.26. The summed E-state index contributed by atoms with van der Waals surface area (Å²) in [5.41, 5.74) is 0.311. The molecule has 0 spiro atoms. The van der Waals surface area contributed by atoms with Gasteiger partial charge in [-0.1, -0.05) is 6.07 Å². The summed E-state index contributed by atoms with van der Waals surface area (Å²) in [4.78, 5) is 13.8. The van der Waals surface area contributed by atoms with Crippen molar-refractivity contribution >= 4 is 21.8 Å². The SMILES string of the molecule is O=C(c1cccc(F)c1Br)N1CCCC1CO. The molecule has 1 atom stereocenters. The Labute approximate surface area is 107 Å². The van der Waals surface area contributed by atoms with E-state index in [0.717, 1.165) is 12.8 Å². The van der Waals surface area contributed by atoms with Crippen LogP contribution in [0.15, 0.2) is 22.7 Å². The summed E-state index contributed by atoms with van der Waals surface area (Å²) in [5, 5.41) is 9.18. The van der Waals surface area contributed by atoms with Crippen LogP contribution in [0.4, 0.5) is 4.39 Å². The van der Waals surface area contributed by atoms with Crippen LogP contribution in [-0.2, 0) is 0 Å². The van der Waals surface area contributed by atoms with Crippen LogP contribution >= 0.6 is 15.9 Å². The Morgan fingerprint density at radius 2 is 2.35 bits per heavy atom. The largest absolute Gasteiger partial charge is 0.394 e. The van der Waals surface area contributed by atoms with Crippen LogP contribution in [0.3, 0.4) is 0 Å². The lowest BCUT2D eigenvalue weighted by Gasteiger charge is -2.23. The maximum Gasteiger partial charge on any atom is 0.255 e. The third kappa shape index (κ3) is 2.35. The first-order valence-electron chi connectivity index (χ1n) is 5.51. The molecule has 1 aromatic rings. The van der Waals surface area contributed by atoms with Gasteiger partial charge in [0.05, 0.1) is 22.7 Å². The zero-order valence-electron chi connectivity index (χ0n) is 9.20. The van der Waals surface area contributed by atoms with Crippen molar-refractivity contribution in [1.82, 2.24) is 4.90 Å². The molecule has 0 aliphatic carbocycles. The summed E-state index contributed by atoms with van der Waals surface area (Å²) in [7, 11) is 0. The van der Waals surface area contributed by atoms with Crippen molar-refractivity contribution in [2.24, 2.45) is 0 Å². The van der Waals surface area contributed by atoms with Crippen LogP contribution in [-0.4, -0.2) is 35.1 Å². The average molecular weight is 302 g/mol. The summed E-state index contributed by atoms with van der Waals surface area (Å²) in [6.07, 6.45) is 1.68. The summed E-state index contributed by atoms with van der Waals surface area (Å²) < 4.78 is 13.5. The maximum absolute atomic E-state index is 13.3. The van der Waals surface area contributed by atoms with Gasteiger partial charge < -0.3 is 10.0 Å². The summed E-state index contributed by atoms with van der Waals surface area (Å²) >= 11 is 3.08. The zero-order valence-corrected chi connectivity index (χ0v) is 10.8. The first-order valence-corrected chi connectivity index (χ1v) is 6.30. The molecule has 3 nitrogen and oxygen atoms in total. The number of aliphatic hydroxyl groups is 1. The molecule has 1 unspecified atom stereocenters. The Morgan fingerprint density at radius 3 is 3.06 bits per heavy atom. The predicted octanol–water partition coefficient (Wildman–Crippen LogP) is 2.19. The number of hydrogen-bond donors (Lipinski definition) is 1. The number of carbonyl (C=O) groups is 1. The molecule has 0 aromatic heterocycles. The molecule has 92 valence electrons. The molecule has 17 heavy (non-hydrogen) atoms. The number of amides is 1. The van der Waals surface area contributed by atoms with Crippen molar-refractivity contribution in [2.75, 3.05) is 13.2 Å². The van der Waals surface area contributed by atoms with E-state index in [1.807, 2.05) is 0 Å². The van der Waals surface area contributed by atoms with Gasteiger partial charge in [-0.15, -0.1) is 0 Å². The fraction of sp³-hybridized carbons (Fsp3) is 0.417. The van der Waals surface area contributed by atoms with Gasteiger partial charge in [-0.25, -0.2) is 4.39 Å². The number of halogens is 2. The summed E-state index contributed by atoms with van der Waals surface area (Å²) in [6.45, 7) is 0.575. The van der Waals surface area contributed by atoms with Crippen LogP contribution in [0, 0.1) is 5.82 Å². The molecule has 0 bridgehead atoms. The van der Waals surface area contributed by atoms with E-state index in [9.17, 15) is 14.3 Å². The molecule has 0 radical (unpaired) electrons. The predicted molar refractivity (Wildman–Crippen MR) is 65.2 cm³/mol. The van der Waals surface area contributed by atoms with Crippen molar-refractivity contribution in [3.8, 4) is 0 Å². The lowest BCUT2D eigenvalue weighted by Crippen LogP contribution is -2.37. The molecular weight excluding hydrogens is 289 g/mol. The van der Waals surface area contributed by atoms with Gasteiger partial charge in [-0.05, 0) is 40.9 Å². The minimum Gasteiger partial charge on any atom is -0.394 e. The van der Waals surface area contributed by atoms with Crippen molar-refractivity contribution in [2.45, 2.75) is 18.9 Å². The molecule has 1 N–H and O–H groups in total. The lowest BCUT2D eigenvalue weighted by atomic mass is 10.1. The third-order valence-corrected chi connectivity index (χ3v) is 3.84. The van der Waals surface area contributed by atoms with E-state index in [1.54, 1.807) is 11.0 Å². The normalized spacial score (nSPS) is 19.7. The highest BCUT2D eigenvalue weighted by Gasteiger charge is 2.30. The maximum atomic E-state index is 13.3. The van der Waals surface area contributed by atoms with Crippen molar-refractivity contribution < 1.29 is 14.3 Å². The molecule has 1 aromatic carbocycles. The van der Waals surface area contributed by atoms with E-state index in [0.29, 0.717) is 12.1 Å². The molecule has 1 aliphatic rings. The van der Waals surface area contributed by atoms with Crippen LogP contribution in [0.1, 0.15) is 23.2 Å². The molecule has 1 fully saturated rings. The molecule has 1 amide bonds. The van der Waals surface area contributed by atoms with Gasteiger partial charge in [0.2, 0.25) is 0 Å². The van der Waals surface area contributed by atoms with Gasteiger partial charge in [0.15, 0.2) is 0 Å². The monoisotopic (exact) mass is 301 g/mol. The highest BCUT2D eigenvalue weighted by Crippen LogP contribution is 2.25. The van der Waals surface area contributed by atoms with E-state index < -0.39 is 5.82 Å². The van der Waals surface area contributed by atoms with E-state index >= 15 is 0 Å². The number of nitrogens with zero attached hydrogens (tertiary/aromatic N) is 1. The number of hydrogen-bond acceptors (Lipinski definition) is 2. The molecular formula is C12H13BrFNO2. The molecule has 5 heteroatoms. The van der Waals surface area contributed by atoms with Crippen molar-refractivity contribution in [3.63, 3.8) is 0 Å². The first kappa shape index (κ1) is 12.5. The Hall–Kier alpha value is -0.940. The minimum absolute atomic E-state index is 0.0430. The highest BCUT2D eigenvalue weighted by molar-refractivity contribution is 9.10. The molecule has 1 aliphatic heterocycles. The average Bonchev–Trinajstić information content (AvgIpc) is 2.80. The fourth-order valence-electron chi connectivity index (χ4n) is 2.12. The molecule has 1 saturated heterocycles. The van der Waals surface area contributed by atoms with Crippen molar-refractivity contribution in [1.29, 1.82) is 0 Å². The topological polar surface area (TPSA) is 40.5 Å². The molecule has 0 saturated carbocycles. The Balaban J connectivity index is 2.28. The molecule has 2 rings (SSSR count).